The Balaban J connectivity index is 1.53. The van der Waals surface area contributed by atoms with E-state index in [1.165, 1.54) is 6.42 Å². The van der Waals surface area contributed by atoms with Crippen LogP contribution >= 0.6 is 0 Å². The number of likely N-dealkylation sites (tertiary alicyclic amines) is 1. The van der Waals surface area contributed by atoms with E-state index in [0.717, 1.165) is 61.5 Å². The molecule has 2 aliphatic heterocycles. The quantitative estimate of drug-likeness (QED) is 0.916. The average molecular weight is 338 g/mol. The van der Waals surface area contributed by atoms with Gasteiger partial charge in [-0.1, -0.05) is 18.2 Å². The summed E-state index contributed by atoms with van der Waals surface area (Å²) in [6, 6.07) is 8.13. The number of nitrogens with one attached hydrogen (secondary N) is 1. The first-order valence-corrected chi connectivity index (χ1v) is 9.20. The van der Waals surface area contributed by atoms with E-state index < -0.39 is 0 Å². The van der Waals surface area contributed by atoms with Gasteiger partial charge in [-0.2, -0.15) is 5.10 Å². The van der Waals surface area contributed by atoms with Gasteiger partial charge in [-0.05, 0) is 56.7 Å². The number of hydrogen-bond donors (Lipinski definition) is 1. The van der Waals surface area contributed by atoms with E-state index in [1.807, 2.05) is 34.7 Å². The van der Waals surface area contributed by atoms with E-state index in [4.69, 9.17) is 0 Å². The highest BCUT2D eigenvalue weighted by molar-refractivity contribution is 5.95. The highest BCUT2D eigenvalue weighted by atomic mass is 16.2. The summed E-state index contributed by atoms with van der Waals surface area (Å²) in [5.74, 6) is 0.123. The van der Waals surface area contributed by atoms with Gasteiger partial charge in [0.1, 0.15) is 0 Å². The summed E-state index contributed by atoms with van der Waals surface area (Å²) in [7, 11) is 0. The van der Waals surface area contributed by atoms with Gasteiger partial charge < -0.3 is 10.2 Å². The van der Waals surface area contributed by atoms with Crippen molar-refractivity contribution < 1.29 is 4.79 Å². The molecule has 2 fully saturated rings. The number of hydrogen-bond acceptors (Lipinski definition) is 3. The molecule has 2 aromatic rings. The smallest absolute Gasteiger partial charge is 0.257 e. The van der Waals surface area contributed by atoms with Crippen molar-refractivity contribution in [2.24, 2.45) is 5.41 Å². The zero-order valence-corrected chi connectivity index (χ0v) is 15.1. The minimum atomic E-state index is 0.123. The SMILES string of the molecule is Cc1ccccc1-n1ncc(C(=O)N2CCC3(CCNC3)CC2)c1C. The van der Waals surface area contributed by atoms with Crippen molar-refractivity contribution in [2.45, 2.75) is 33.1 Å². The molecule has 2 saturated heterocycles. The summed E-state index contributed by atoms with van der Waals surface area (Å²) in [6.07, 6.45) is 5.19. The lowest BCUT2D eigenvalue weighted by molar-refractivity contribution is 0.0607. The minimum absolute atomic E-state index is 0.123. The number of carbonyl (C=O) groups is 1. The lowest BCUT2D eigenvalue weighted by Gasteiger charge is -2.38. The first-order chi connectivity index (χ1) is 12.1. The zero-order valence-electron chi connectivity index (χ0n) is 15.1. The molecule has 2 aliphatic rings. The van der Waals surface area contributed by atoms with E-state index in [1.54, 1.807) is 6.20 Å². The van der Waals surface area contributed by atoms with Crippen LogP contribution in [0.15, 0.2) is 30.5 Å². The predicted octanol–water partition coefficient (Wildman–Crippen LogP) is 2.70. The molecule has 0 radical (unpaired) electrons. The number of piperidine rings is 1. The fourth-order valence-electron chi connectivity index (χ4n) is 4.24. The summed E-state index contributed by atoms with van der Waals surface area (Å²) in [6.45, 7) is 8.00. The fraction of sp³-hybridized carbons (Fsp3) is 0.500. The molecule has 0 unspecified atom stereocenters. The van der Waals surface area contributed by atoms with Gasteiger partial charge in [0.05, 0.1) is 23.1 Å². The van der Waals surface area contributed by atoms with Gasteiger partial charge in [0.15, 0.2) is 0 Å². The molecule has 1 aromatic heterocycles. The lowest BCUT2D eigenvalue weighted by atomic mass is 9.78. The number of benzene rings is 1. The number of nitrogens with zero attached hydrogens (tertiary/aromatic N) is 3. The van der Waals surface area contributed by atoms with Crippen molar-refractivity contribution in [2.75, 3.05) is 26.2 Å². The van der Waals surface area contributed by atoms with Crippen molar-refractivity contribution in [3.8, 4) is 5.69 Å². The first-order valence-electron chi connectivity index (χ1n) is 9.20. The van der Waals surface area contributed by atoms with Gasteiger partial charge in [0.25, 0.3) is 5.91 Å². The number of rotatable bonds is 2. The molecule has 3 heterocycles. The molecule has 5 nitrogen and oxygen atoms in total. The number of amides is 1. The van der Waals surface area contributed by atoms with E-state index >= 15 is 0 Å². The van der Waals surface area contributed by atoms with Gasteiger partial charge in [-0.3, -0.25) is 4.79 Å². The number of para-hydroxylation sites is 1. The Morgan fingerprint density at radius 2 is 1.92 bits per heavy atom. The summed E-state index contributed by atoms with van der Waals surface area (Å²) in [4.78, 5) is 15.0. The van der Waals surface area contributed by atoms with Crippen LogP contribution in [-0.2, 0) is 0 Å². The summed E-state index contributed by atoms with van der Waals surface area (Å²) >= 11 is 0. The molecule has 0 saturated carbocycles. The normalized spacial score (nSPS) is 19.5. The monoisotopic (exact) mass is 338 g/mol. The fourth-order valence-corrected chi connectivity index (χ4v) is 4.24. The number of aryl methyl sites for hydroxylation is 1. The summed E-state index contributed by atoms with van der Waals surface area (Å²) in [5.41, 5.74) is 4.26. The molecule has 5 heteroatoms. The third-order valence-corrected chi connectivity index (χ3v) is 6.03. The van der Waals surface area contributed by atoms with E-state index in [0.29, 0.717) is 5.41 Å². The average Bonchev–Trinajstić information content (AvgIpc) is 3.23. The highest BCUT2D eigenvalue weighted by Crippen LogP contribution is 2.37. The molecule has 132 valence electrons. The Kier molecular flexibility index (Phi) is 4.12. The molecule has 1 aromatic carbocycles. The highest BCUT2D eigenvalue weighted by Gasteiger charge is 2.38. The minimum Gasteiger partial charge on any atom is -0.338 e. The Labute approximate surface area is 149 Å². The second-order valence-corrected chi connectivity index (χ2v) is 7.56. The van der Waals surface area contributed by atoms with Crippen LogP contribution in [0.2, 0.25) is 0 Å². The number of carbonyl (C=O) groups excluding carboxylic acids is 1. The van der Waals surface area contributed by atoms with Crippen LogP contribution in [0, 0.1) is 19.3 Å². The molecular weight excluding hydrogens is 312 g/mol. The second-order valence-electron chi connectivity index (χ2n) is 7.56. The van der Waals surface area contributed by atoms with E-state index in [-0.39, 0.29) is 5.91 Å². The summed E-state index contributed by atoms with van der Waals surface area (Å²) < 4.78 is 1.88. The van der Waals surface area contributed by atoms with Crippen LogP contribution in [0.1, 0.15) is 40.9 Å². The molecular formula is C20H26N4O. The maximum Gasteiger partial charge on any atom is 0.257 e. The van der Waals surface area contributed by atoms with Crippen molar-refractivity contribution in [1.29, 1.82) is 0 Å². The van der Waals surface area contributed by atoms with E-state index in [2.05, 4.69) is 23.4 Å². The molecule has 1 amide bonds. The molecule has 0 aliphatic carbocycles. The van der Waals surface area contributed by atoms with Gasteiger partial charge in [-0.15, -0.1) is 0 Å². The van der Waals surface area contributed by atoms with Gasteiger partial charge in [0.2, 0.25) is 0 Å². The van der Waals surface area contributed by atoms with Crippen LogP contribution in [-0.4, -0.2) is 46.8 Å². The van der Waals surface area contributed by atoms with Crippen LogP contribution < -0.4 is 5.32 Å². The molecule has 1 N–H and O–H groups in total. The second kappa shape index (κ2) is 6.30. The third-order valence-electron chi connectivity index (χ3n) is 6.03. The van der Waals surface area contributed by atoms with Crippen molar-refractivity contribution >= 4 is 5.91 Å². The maximum absolute atomic E-state index is 13.0. The Bertz CT molecular complexity index is 779. The van der Waals surface area contributed by atoms with E-state index in [9.17, 15) is 4.79 Å². The Hall–Kier alpha value is -2.14. The van der Waals surface area contributed by atoms with Crippen LogP contribution in [0.4, 0.5) is 0 Å². The van der Waals surface area contributed by atoms with Gasteiger partial charge >= 0.3 is 0 Å². The van der Waals surface area contributed by atoms with Crippen molar-refractivity contribution in [1.82, 2.24) is 20.0 Å². The Morgan fingerprint density at radius 3 is 2.60 bits per heavy atom. The molecule has 25 heavy (non-hydrogen) atoms. The molecule has 0 atom stereocenters. The third kappa shape index (κ3) is 2.86. The Morgan fingerprint density at radius 1 is 1.16 bits per heavy atom. The van der Waals surface area contributed by atoms with Gasteiger partial charge in [0, 0.05) is 19.6 Å². The standard InChI is InChI=1S/C20H26N4O/c1-15-5-3-4-6-18(15)24-16(2)17(13-22-24)19(25)23-11-8-20(9-12-23)7-10-21-14-20/h3-6,13,21H,7-12,14H2,1-2H3. The molecule has 0 bridgehead atoms. The predicted molar refractivity (Wildman–Crippen MR) is 98.1 cm³/mol. The van der Waals surface area contributed by atoms with Crippen LogP contribution in [0.5, 0.6) is 0 Å². The first kappa shape index (κ1) is 16.3. The lowest BCUT2D eigenvalue weighted by Crippen LogP contribution is -2.44. The maximum atomic E-state index is 13.0. The van der Waals surface area contributed by atoms with Crippen molar-refractivity contribution in [3.05, 3.63) is 47.3 Å². The molecule has 4 rings (SSSR count). The van der Waals surface area contributed by atoms with Gasteiger partial charge in [-0.25, -0.2) is 4.68 Å². The summed E-state index contributed by atoms with van der Waals surface area (Å²) in [5, 5.41) is 7.97. The largest absolute Gasteiger partial charge is 0.338 e. The molecule has 1 spiro atoms. The van der Waals surface area contributed by atoms with Crippen LogP contribution in [0.25, 0.3) is 5.69 Å². The topological polar surface area (TPSA) is 50.2 Å². The van der Waals surface area contributed by atoms with Crippen LogP contribution in [0.3, 0.4) is 0 Å². The number of aromatic nitrogens is 2. The zero-order chi connectivity index (χ0) is 17.4. The van der Waals surface area contributed by atoms with Crippen molar-refractivity contribution in [3.63, 3.8) is 0 Å².